The molecule has 3 rings (SSSR count). The lowest BCUT2D eigenvalue weighted by Crippen LogP contribution is -2.25. The van der Waals surface area contributed by atoms with Crippen LogP contribution in [-0.4, -0.2) is 22.7 Å². The highest BCUT2D eigenvalue weighted by Gasteiger charge is 2.22. The third-order valence-corrected chi connectivity index (χ3v) is 3.61. The molecule has 1 heterocycles. The van der Waals surface area contributed by atoms with E-state index in [1.54, 1.807) is 11.8 Å². The van der Waals surface area contributed by atoms with E-state index in [2.05, 4.69) is 15.5 Å². The highest BCUT2D eigenvalue weighted by Crippen LogP contribution is 2.25. The Hall–Kier alpha value is -1.49. The van der Waals surface area contributed by atoms with Gasteiger partial charge >= 0.3 is 0 Å². The van der Waals surface area contributed by atoms with Gasteiger partial charge in [0, 0.05) is 11.4 Å². The molecule has 0 amide bonds. The number of anilines is 1. The molecule has 4 nitrogen and oxygen atoms in total. The number of benzene rings is 1. The number of nitrogens with two attached hydrogens (primary N) is 1. The molecular weight excluding hydrogens is 232 g/mol. The summed E-state index contributed by atoms with van der Waals surface area (Å²) in [5, 5.41) is 5.32. The number of nitrogens with zero attached hydrogens (tertiary/aromatic N) is 2. The van der Waals surface area contributed by atoms with E-state index in [0.717, 1.165) is 27.9 Å². The van der Waals surface area contributed by atoms with Crippen molar-refractivity contribution in [1.29, 1.82) is 0 Å². The van der Waals surface area contributed by atoms with Gasteiger partial charge in [0.2, 0.25) is 0 Å². The van der Waals surface area contributed by atoms with Crippen molar-refractivity contribution in [2.45, 2.75) is 18.9 Å². The fraction of sp³-hybridized carbons (Fsp3) is 0.333. The molecule has 88 valence electrons. The number of nitrogens with one attached hydrogen (secondary N) is 1. The Morgan fingerprint density at radius 3 is 2.65 bits per heavy atom. The summed E-state index contributed by atoms with van der Waals surface area (Å²) < 4.78 is 0. The van der Waals surface area contributed by atoms with E-state index < -0.39 is 0 Å². The smallest absolute Gasteiger partial charge is 0.177 e. The van der Waals surface area contributed by atoms with Gasteiger partial charge in [-0.05, 0) is 30.5 Å². The summed E-state index contributed by atoms with van der Waals surface area (Å²) in [4.78, 5) is 4.53. The predicted molar refractivity (Wildman–Crippen MR) is 73.4 cm³/mol. The standard InChI is InChI=1S/C12H14N4S/c13-9-3-1-8(2-4-9)11-7-17-12(16-15-11)14-10-5-6-10/h1-4,10H,5-7,13H2,(H,14,16). The fourth-order valence-corrected chi connectivity index (χ4v) is 2.41. The molecule has 0 spiro atoms. The van der Waals surface area contributed by atoms with Crippen LogP contribution in [0.2, 0.25) is 0 Å². The average Bonchev–Trinajstić information content (AvgIpc) is 3.15. The Kier molecular flexibility index (Phi) is 2.76. The van der Waals surface area contributed by atoms with Crippen LogP contribution in [0.25, 0.3) is 0 Å². The average molecular weight is 246 g/mol. The van der Waals surface area contributed by atoms with Gasteiger partial charge in [-0.1, -0.05) is 23.9 Å². The molecule has 1 fully saturated rings. The lowest BCUT2D eigenvalue weighted by molar-refractivity contribution is 0.985. The number of hydrogen-bond donors (Lipinski definition) is 2. The van der Waals surface area contributed by atoms with Crippen molar-refractivity contribution < 1.29 is 0 Å². The van der Waals surface area contributed by atoms with Gasteiger partial charge < -0.3 is 5.73 Å². The monoisotopic (exact) mass is 246 g/mol. The van der Waals surface area contributed by atoms with Gasteiger partial charge in [0.05, 0.1) is 11.8 Å². The minimum atomic E-state index is 0.540. The zero-order chi connectivity index (χ0) is 11.7. The maximum Gasteiger partial charge on any atom is 0.177 e. The predicted octanol–water partition coefficient (Wildman–Crippen LogP) is 1.83. The molecule has 1 saturated carbocycles. The Morgan fingerprint density at radius 2 is 2.06 bits per heavy atom. The van der Waals surface area contributed by atoms with Gasteiger partial charge in [-0.25, -0.2) is 0 Å². The summed E-state index contributed by atoms with van der Waals surface area (Å²) in [6.07, 6.45) is 2.44. The first-order valence-corrected chi connectivity index (χ1v) is 6.69. The first kappa shape index (κ1) is 10.7. The van der Waals surface area contributed by atoms with Gasteiger partial charge in [-0.15, -0.1) is 0 Å². The Morgan fingerprint density at radius 1 is 1.29 bits per heavy atom. The lowest BCUT2D eigenvalue weighted by Gasteiger charge is -2.14. The van der Waals surface area contributed by atoms with Crippen LogP contribution in [0.15, 0.2) is 34.4 Å². The topological polar surface area (TPSA) is 62.8 Å². The van der Waals surface area contributed by atoms with E-state index in [0.29, 0.717) is 6.04 Å². The second kappa shape index (κ2) is 4.41. The third-order valence-electron chi connectivity index (χ3n) is 2.72. The molecule has 5 heteroatoms. The van der Waals surface area contributed by atoms with Gasteiger partial charge in [0.1, 0.15) is 0 Å². The number of rotatable bonds is 2. The van der Waals surface area contributed by atoms with Gasteiger partial charge in [-0.3, -0.25) is 10.4 Å². The number of hydrogen-bond acceptors (Lipinski definition) is 4. The van der Waals surface area contributed by atoms with Gasteiger partial charge in [0.15, 0.2) is 5.17 Å². The van der Waals surface area contributed by atoms with E-state index in [-0.39, 0.29) is 0 Å². The van der Waals surface area contributed by atoms with Crippen LogP contribution in [0.4, 0.5) is 5.69 Å². The molecular formula is C12H14N4S. The molecule has 0 radical (unpaired) electrons. The van der Waals surface area contributed by atoms with Crippen LogP contribution in [0, 0.1) is 0 Å². The molecule has 0 aromatic heterocycles. The van der Waals surface area contributed by atoms with E-state index in [1.807, 2.05) is 24.3 Å². The van der Waals surface area contributed by atoms with Crippen LogP contribution in [-0.2, 0) is 0 Å². The molecule has 17 heavy (non-hydrogen) atoms. The van der Waals surface area contributed by atoms with Crippen molar-refractivity contribution in [1.82, 2.24) is 5.43 Å². The minimum absolute atomic E-state index is 0.540. The zero-order valence-corrected chi connectivity index (χ0v) is 10.2. The SMILES string of the molecule is Nc1ccc(C2=NNC(=NC3CC3)SC2)cc1. The largest absolute Gasteiger partial charge is 0.399 e. The molecule has 0 atom stereocenters. The number of thioether (sulfide) groups is 1. The molecule has 1 aromatic carbocycles. The molecule has 1 aromatic rings. The maximum atomic E-state index is 5.66. The minimum Gasteiger partial charge on any atom is -0.399 e. The molecule has 0 saturated heterocycles. The van der Waals surface area contributed by atoms with Crippen LogP contribution >= 0.6 is 11.8 Å². The summed E-state index contributed by atoms with van der Waals surface area (Å²) in [5.74, 6) is 0.864. The summed E-state index contributed by atoms with van der Waals surface area (Å²) in [6.45, 7) is 0. The summed E-state index contributed by atoms with van der Waals surface area (Å²) in [7, 11) is 0. The lowest BCUT2D eigenvalue weighted by atomic mass is 10.1. The molecule has 3 N–H and O–H groups in total. The Labute approximate surface area is 104 Å². The Bertz CT molecular complexity index is 474. The quantitative estimate of drug-likeness (QED) is 0.782. The van der Waals surface area contributed by atoms with Crippen molar-refractivity contribution in [3.63, 3.8) is 0 Å². The van der Waals surface area contributed by atoms with Gasteiger partial charge in [0.25, 0.3) is 0 Å². The number of amidine groups is 1. The van der Waals surface area contributed by atoms with Crippen LogP contribution in [0.3, 0.4) is 0 Å². The highest BCUT2D eigenvalue weighted by atomic mass is 32.2. The second-order valence-electron chi connectivity index (χ2n) is 4.25. The van der Waals surface area contributed by atoms with Crippen LogP contribution in [0.5, 0.6) is 0 Å². The summed E-state index contributed by atoms with van der Waals surface area (Å²) in [5.41, 5.74) is 11.6. The summed E-state index contributed by atoms with van der Waals surface area (Å²) in [6, 6.07) is 8.34. The third kappa shape index (κ3) is 2.61. The van der Waals surface area contributed by atoms with Crippen LogP contribution in [0.1, 0.15) is 18.4 Å². The molecule has 1 aliphatic carbocycles. The number of nitrogen functional groups attached to an aromatic ring is 1. The van der Waals surface area contributed by atoms with Gasteiger partial charge in [-0.2, -0.15) is 5.10 Å². The molecule has 2 aliphatic rings. The van der Waals surface area contributed by atoms with Crippen molar-refractivity contribution in [3.8, 4) is 0 Å². The molecule has 1 aliphatic heterocycles. The molecule has 0 bridgehead atoms. The van der Waals surface area contributed by atoms with E-state index in [1.165, 1.54) is 12.8 Å². The maximum absolute atomic E-state index is 5.66. The van der Waals surface area contributed by atoms with Crippen molar-refractivity contribution in [2.75, 3.05) is 11.5 Å². The van der Waals surface area contributed by atoms with Crippen molar-refractivity contribution in [2.24, 2.45) is 10.1 Å². The Balaban J connectivity index is 1.73. The normalized spacial score (nSPS) is 22.1. The highest BCUT2D eigenvalue weighted by molar-refractivity contribution is 8.14. The van der Waals surface area contributed by atoms with E-state index >= 15 is 0 Å². The van der Waals surface area contributed by atoms with E-state index in [9.17, 15) is 0 Å². The van der Waals surface area contributed by atoms with Crippen LogP contribution < -0.4 is 11.2 Å². The first-order chi connectivity index (χ1) is 8.31. The first-order valence-electron chi connectivity index (χ1n) is 5.70. The van der Waals surface area contributed by atoms with Crippen molar-refractivity contribution >= 4 is 28.3 Å². The zero-order valence-electron chi connectivity index (χ0n) is 9.39. The van der Waals surface area contributed by atoms with Crippen molar-refractivity contribution in [3.05, 3.63) is 29.8 Å². The van der Waals surface area contributed by atoms with E-state index in [4.69, 9.17) is 5.73 Å². The fourth-order valence-electron chi connectivity index (χ4n) is 1.58. The summed E-state index contributed by atoms with van der Waals surface area (Å²) >= 11 is 1.72. The number of aliphatic imine (C=N–C) groups is 1. The second-order valence-corrected chi connectivity index (χ2v) is 5.21. The number of hydrazone groups is 1. The molecule has 0 unspecified atom stereocenters.